The van der Waals surface area contributed by atoms with Crippen LogP contribution in [-0.4, -0.2) is 11.0 Å². The van der Waals surface area contributed by atoms with E-state index in [0.29, 0.717) is 5.52 Å². The average molecular weight is 347 g/mol. The number of aromatic amines is 1. The van der Waals surface area contributed by atoms with Crippen LogP contribution in [0.15, 0.2) is 59.4 Å². The molecule has 0 fully saturated rings. The highest BCUT2D eigenvalue weighted by Crippen LogP contribution is 2.29. The van der Waals surface area contributed by atoms with Crippen molar-refractivity contribution < 1.29 is 22.7 Å². The molecule has 1 heterocycles. The lowest BCUT2D eigenvalue weighted by molar-refractivity contribution is -0.137. The standard InChI is InChI=1S/C18H12F3NO3/c19-18(20,21)14-7-5-11(6-8-14)17(24)25-10-13-9-12-3-1-2-4-15(12)22-16(13)23/h1-9H,10H2,(H,22,23). The number of fused-ring (bicyclic) bond motifs is 1. The lowest BCUT2D eigenvalue weighted by atomic mass is 10.1. The number of H-pyrrole nitrogens is 1. The predicted octanol–water partition coefficient (Wildman–Crippen LogP) is 3.90. The van der Waals surface area contributed by atoms with Gasteiger partial charge in [-0.3, -0.25) is 4.79 Å². The maximum atomic E-state index is 12.5. The average Bonchev–Trinajstić information content (AvgIpc) is 2.59. The van der Waals surface area contributed by atoms with Crippen LogP contribution in [0.4, 0.5) is 13.2 Å². The van der Waals surface area contributed by atoms with Crippen LogP contribution < -0.4 is 5.56 Å². The zero-order valence-electron chi connectivity index (χ0n) is 12.8. The molecule has 0 saturated carbocycles. The maximum absolute atomic E-state index is 12.5. The quantitative estimate of drug-likeness (QED) is 0.731. The van der Waals surface area contributed by atoms with E-state index in [1.165, 1.54) is 0 Å². The molecule has 0 amide bonds. The maximum Gasteiger partial charge on any atom is 0.416 e. The smallest absolute Gasteiger partial charge is 0.416 e. The molecule has 0 radical (unpaired) electrons. The summed E-state index contributed by atoms with van der Waals surface area (Å²) < 4.78 is 42.6. The second-order valence-corrected chi connectivity index (χ2v) is 5.36. The van der Waals surface area contributed by atoms with Crippen LogP contribution in [-0.2, 0) is 17.5 Å². The van der Waals surface area contributed by atoms with Gasteiger partial charge in [0, 0.05) is 5.52 Å². The molecule has 0 bridgehead atoms. The lowest BCUT2D eigenvalue weighted by Crippen LogP contribution is -2.15. The van der Waals surface area contributed by atoms with Gasteiger partial charge in [0.25, 0.3) is 5.56 Å². The Morgan fingerprint density at radius 3 is 2.40 bits per heavy atom. The number of carbonyl (C=O) groups excluding carboxylic acids is 1. The van der Waals surface area contributed by atoms with Crippen molar-refractivity contribution in [3.8, 4) is 0 Å². The molecular weight excluding hydrogens is 335 g/mol. The van der Waals surface area contributed by atoms with E-state index in [4.69, 9.17) is 4.74 Å². The third-order valence-corrected chi connectivity index (χ3v) is 3.64. The number of carbonyl (C=O) groups is 1. The van der Waals surface area contributed by atoms with Gasteiger partial charge in [-0.15, -0.1) is 0 Å². The molecule has 0 aliphatic heterocycles. The summed E-state index contributed by atoms with van der Waals surface area (Å²) in [4.78, 5) is 26.6. The summed E-state index contributed by atoms with van der Waals surface area (Å²) in [7, 11) is 0. The highest BCUT2D eigenvalue weighted by Gasteiger charge is 2.30. The monoisotopic (exact) mass is 347 g/mol. The Hall–Kier alpha value is -3.09. The Labute approximate surface area is 139 Å². The van der Waals surface area contributed by atoms with E-state index in [2.05, 4.69) is 4.98 Å². The van der Waals surface area contributed by atoms with Gasteiger partial charge >= 0.3 is 12.1 Å². The van der Waals surface area contributed by atoms with Crippen LogP contribution in [0.5, 0.6) is 0 Å². The minimum atomic E-state index is -4.47. The van der Waals surface area contributed by atoms with Crippen molar-refractivity contribution >= 4 is 16.9 Å². The highest BCUT2D eigenvalue weighted by atomic mass is 19.4. The van der Waals surface area contributed by atoms with Crippen molar-refractivity contribution in [1.82, 2.24) is 4.98 Å². The molecule has 0 aliphatic rings. The van der Waals surface area contributed by atoms with Crippen molar-refractivity contribution in [2.24, 2.45) is 0 Å². The molecule has 25 heavy (non-hydrogen) atoms. The van der Waals surface area contributed by atoms with Gasteiger partial charge in [-0.1, -0.05) is 18.2 Å². The Morgan fingerprint density at radius 1 is 1.04 bits per heavy atom. The summed E-state index contributed by atoms with van der Waals surface area (Å²) in [5.74, 6) is -0.804. The number of ether oxygens (including phenoxy) is 1. The molecule has 3 rings (SSSR count). The Kier molecular flexibility index (Phi) is 4.31. The Bertz CT molecular complexity index is 975. The third kappa shape index (κ3) is 3.71. The zero-order chi connectivity index (χ0) is 18.0. The molecule has 0 spiro atoms. The zero-order valence-corrected chi connectivity index (χ0v) is 12.8. The fourth-order valence-electron chi connectivity index (χ4n) is 2.32. The number of alkyl halides is 3. The van der Waals surface area contributed by atoms with Crippen LogP contribution in [0.1, 0.15) is 21.5 Å². The van der Waals surface area contributed by atoms with Gasteiger partial charge < -0.3 is 9.72 Å². The van der Waals surface area contributed by atoms with Crippen LogP contribution in [0.3, 0.4) is 0 Å². The fourth-order valence-corrected chi connectivity index (χ4v) is 2.32. The normalized spacial score (nSPS) is 11.5. The van der Waals surface area contributed by atoms with E-state index in [1.807, 2.05) is 0 Å². The van der Waals surface area contributed by atoms with E-state index >= 15 is 0 Å². The summed E-state index contributed by atoms with van der Waals surface area (Å²) >= 11 is 0. The number of hydrogen-bond donors (Lipinski definition) is 1. The Morgan fingerprint density at radius 2 is 1.72 bits per heavy atom. The summed E-state index contributed by atoms with van der Waals surface area (Å²) in [6, 6.07) is 12.4. The molecule has 0 saturated heterocycles. The van der Waals surface area contributed by atoms with Gasteiger partial charge in [-0.2, -0.15) is 13.2 Å². The number of halogens is 3. The van der Waals surface area contributed by atoms with E-state index in [0.717, 1.165) is 29.7 Å². The summed E-state index contributed by atoms with van der Waals surface area (Å²) in [6.45, 7) is -0.278. The Balaban J connectivity index is 1.74. The summed E-state index contributed by atoms with van der Waals surface area (Å²) in [5, 5.41) is 0.780. The second-order valence-electron chi connectivity index (χ2n) is 5.36. The SMILES string of the molecule is O=C(OCc1cc2ccccc2[nH]c1=O)c1ccc(C(F)(F)F)cc1. The molecule has 0 unspecified atom stereocenters. The number of hydrogen-bond acceptors (Lipinski definition) is 3. The first-order valence-corrected chi connectivity index (χ1v) is 7.30. The van der Waals surface area contributed by atoms with Crippen molar-refractivity contribution in [2.45, 2.75) is 12.8 Å². The van der Waals surface area contributed by atoms with Gasteiger partial charge in [0.2, 0.25) is 0 Å². The minimum absolute atomic E-state index is 0.0229. The minimum Gasteiger partial charge on any atom is -0.457 e. The largest absolute Gasteiger partial charge is 0.457 e. The number of rotatable bonds is 3. The van der Waals surface area contributed by atoms with Gasteiger partial charge in [-0.25, -0.2) is 4.79 Å². The lowest BCUT2D eigenvalue weighted by Gasteiger charge is -2.08. The van der Waals surface area contributed by atoms with Crippen LogP contribution in [0, 0.1) is 0 Å². The van der Waals surface area contributed by atoms with Crippen LogP contribution in [0.2, 0.25) is 0 Å². The van der Waals surface area contributed by atoms with Crippen LogP contribution >= 0.6 is 0 Å². The van der Waals surface area contributed by atoms with E-state index in [9.17, 15) is 22.8 Å². The molecule has 3 aromatic rings. The van der Waals surface area contributed by atoms with E-state index < -0.39 is 17.7 Å². The second kappa shape index (κ2) is 6.43. The number of benzene rings is 2. The van der Waals surface area contributed by atoms with Crippen molar-refractivity contribution in [1.29, 1.82) is 0 Å². The molecule has 0 atom stereocenters. The summed E-state index contributed by atoms with van der Waals surface area (Å²) in [5.41, 5.74) is -0.358. The summed E-state index contributed by atoms with van der Waals surface area (Å²) in [6.07, 6.45) is -4.47. The van der Waals surface area contributed by atoms with Crippen LogP contribution in [0.25, 0.3) is 10.9 Å². The number of esters is 1. The van der Waals surface area contributed by atoms with E-state index in [1.54, 1.807) is 30.3 Å². The van der Waals surface area contributed by atoms with Crippen molar-refractivity contribution in [2.75, 3.05) is 0 Å². The number of pyridine rings is 1. The molecule has 4 nitrogen and oxygen atoms in total. The van der Waals surface area contributed by atoms with Gasteiger partial charge in [0.1, 0.15) is 6.61 Å². The first kappa shape index (κ1) is 16.8. The fraction of sp³-hybridized carbons (Fsp3) is 0.111. The molecule has 128 valence electrons. The molecule has 7 heteroatoms. The first-order valence-electron chi connectivity index (χ1n) is 7.30. The molecule has 2 aromatic carbocycles. The van der Waals surface area contributed by atoms with Crippen molar-refractivity contribution in [3.05, 3.63) is 81.6 Å². The first-order chi connectivity index (χ1) is 11.8. The van der Waals surface area contributed by atoms with Crippen molar-refractivity contribution in [3.63, 3.8) is 0 Å². The van der Waals surface area contributed by atoms with E-state index in [-0.39, 0.29) is 23.3 Å². The molecular formula is C18H12F3NO3. The van der Waals surface area contributed by atoms with Gasteiger partial charge in [-0.05, 0) is 41.8 Å². The number of para-hydroxylation sites is 1. The molecule has 1 N–H and O–H groups in total. The third-order valence-electron chi connectivity index (χ3n) is 3.64. The highest BCUT2D eigenvalue weighted by molar-refractivity contribution is 5.89. The number of nitrogens with one attached hydrogen (secondary N) is 1. The predicted molar refractivity (Wildman–Crippen MR) is 85.1 cm³/mol. The van der Waals surface area contributed by atoms with Gasteiger partial charge in [0.05, 0.1) is 16.7 Å². The molecule has 0 aliphatic carbocycles. The molecule has 1 aromatic heterocycles. The number of aromatic nitrogens is 1. The topological polar surface area (TPSA) is 59.2 Å². The van der Waals surface area contributed by atoms with Gasteiger partial charge in [0.15, 0.2) is 0 Å².